The highest BCUT2D eigenvalue weighted by Crippen LogP contribution is 2.22. The van der Waals surface area contributed by atoms with Gasteiger partial charge < -0.3 is 15.8 Å². The van der Waals surface area contributed by atoms with Gasteiger partial charge in [0.15, 0.2) is 12.4 Å². The van der Waals surface area contributed by atoms with E-state index in [1.807, 2.05) is 30.3 Å². The molecule has 2 aromatic carbocycles. The van der Waals surface area contributed by atoms with Gasteiger partial charge >= 0.3 is 5.97 Å². The van der Waals surface area contributed by atoms with Gasteiger partial charge in [-0.1, -0.05) is 18.2 Å². The number of nitrogens with one attached hydrogen (secondary N) is 1. The molecule has 10 heteroatoms. The third-order valence-electron chi connectivity index (χ3n) is 3.33. The Labute approximate surface area is 163 Å². The van der Waals surface area contributed by atoms with Crippen molar-refractivity contribution in [1.29, 1.82) is 0 Å². The fraction of sp³-hybridized carbons (Fsp3) is 0.111. The third-order valence-corrected chi connectivity index (χ3v) is 4.33. The van der Waals surface area contributed by atoms with E-state index in [4.69, 9.17) is 10.5 Å². The lowest BCUT2D eigenvalue weighted by atomic mass is 10.3. The topological polar surface area (TPSA) is 103 Å². The van der Waals surface area contributed by atoms with Crippen molar-refractivity contribution in [3.63, 3.8) is 0 Å². The van der Waals surface area contributed by atoms with Crippen LogP contribution in [-0.2, 0) is 16.1 Å². The Balaban J connectivity index is 1.56. The summed E-state index contributed by atoms with van der Waals surface area (Å²) < 4.78 is 31.8. The van der Waals surface area contributed by atoms with Gasteiger partial charge in [-0.15, -0.1) is 11.8 Å². The lowest BCUT2D eigenvalue weighted by molar-refractivity contribution is -0.141. The first kappa shape index (κ1) is 19.5. The Morgan fingerprint density at radius 2 is 1.89 bits per heavy atom. The molecule has 0 amide bonds. The molecule has 1 heterocycles. The van der Waals surface area contributed by atoms with E-state index in [-0.39, 0.29) is 35.0 Å². The zero-order valence-corrected chi connectivity index (χ0v) is 15.2. The lowest BCUT2D eigenvalue weighted by Gasteiger charge is -2.08. The van der Waals surface area contributed by atoms with Gasteiger partial charge in [-0.25, -0.2) is 8.78 Å². The fourth-order valence-electron chi connectivity index (χ4n) is 2.12. The molecule has 3 aromatic rings. The van der Waals surface area contributed by atoms with E-state index < -0.39 is 17.6 Å². The number of thioether (sulfide) groups is 1. The van der Waals surface area contributed by atoms with Crippen LogP contribution in [0.15, 0.2) is 53.4 Å². The maximum Gasteiger partial charge on any atom is 0.316 e. The van der Waals surface area contributed by atoms with Crippen LogP contribution in [0.2, 0.25) is 0 Å². The number of carbonyl (C=O) groups excluding carboxylic acids is 1. The van der Waals surface area contributed by atoms with Crippen LogP contribution in [0.5, 0.6) is 0 Å². The molecule has 0 bridgehead atoms. The minimum atomic E-state index is -0.634. The molecule has 0 aliphatic rings. The summed E-state index contributed by atoms with van der Waals surface area (Å²) in [6, 6.07) is 12.2. The standard InChI is InChI=1S/C18H15F2N5O2S/c19-11-6-7-13(20)14(8-11)28-10-16(26)27-9-15-23-17(21)25-18(24-15)22-12-4-2-1-3-5-12/h1-8H,9-10H2,(H3,21,22,23,24,25). The second-order valence-corrected chi connectivity index (χ2v) is 6.47. The average Bonchev–Trinajstić information content (AvgIpc) is 2.67. The number of anilines is 3. The molecule has 1 aromatic heterocycles. The van der Waals surface area contributed by atoms with Gasteiger partial charge in [-0.2, -0.15) is 15.0 Å². The molecule has 0 spiro atoms. The fourth-order valence-corrected chi connectivity index (χ4v) is 2.88. The summed E-state index contributed by atoms with van der Waals surface area (Å²) in [5.74, 6) is -1.70. The van der Waals surface area contributed by atoms with Crippen LogP contribution >= 0.6 is 11.8 Å². The summed E-state index contributed by atoms with van der Waals surface area (Å²) in [5.41, 5.74) is 6.42. The maximum atomic E-state index is 13.6. The van der Waals surface area contributed by atoms with Gasteiger partial charge in [-0.05, 0) is 30.3 Å². The summed E-state index contributed by atoms with van der Waals surface area (Å²) in [5, 5.41) is 2.97. The Morgan fingerprint density at radius 1 is 1.11 bits per heavy atom. The lowest BCUT2D eigenvalue weighted by Crippen LogP contribution is -2.12. The molecule has 0 saturated carbocycles. The van der Waals surface area contributed by atoms with Crippen LogP contribution < -0.4 is 11.1 Å². The van der Waals surface area contributed by atoms with Crippen LogP contribution in [0.4, 0.5) is 26.4 Å². The minimum absolute atomic E-state index is 0.0238. The van der Waals surface area contributed by atoms with Gasteiger partial charge in [0.25, 0.3) is 0 Å². The summed E-state index contributed by atoms with van der Waals surface area (Å²) in [6.07, 6.45) is 0. The van der Waals surface area contributed by atoms with Gasteiger partial charge in [-0.3, -0.25) is 4.79 Å². The van der Waals surface area contributed by atoms with Gasteiger partial charge in [0.05, 0.1) is 5.75 Å². The van der Waals surface area contributed by atoms with E-state index in [0.717, 1.165) is 35.6 Å². The van der Waals surface area contributed by atoms with E-state index in [9.17, 15) is 13.6 Å². The highest BCUT2D eigenvalue weighted by atomic mass is 32.2. The predicted molar refractivity (Wildman–Crippen MR) is 101 cm³/mol. The van der Waals surface area contributed by atoms with Crippen molar-refractivity contribution in [3.8, 4) is 0 Å². The zero-order valence-electron chi connectivity index (χ0n) is 14.4. The number of nitrogens with zero attached hydrogens (tertiary/aromatic N) is 3. The van der Waals surface area contributed by atoms with Crippen molar-refractivity contribution in [2.24, 2.45) is 0 Å². The second kappa shape index (κ2) is 9.09. The first-order valence-electron chi connectivity index (χ1n) is 8.05. The Hall–Kier alpha value is -3.27. The molecule has 0 fully saturated rings. The number of nitrogen functional groups attached to an aromatic ring is 1. The van der Waals surface area contributed by atoms with Crippen LogP contribution in [-0.4, -0.2) is 26.7 Å². The number of hydrogen-bond acceptors (Lipinski definition) is 8. The number of para-hydroxylation sites is 1. The Bertz CT molecular complexity index is 975. The van der Waals surface area contributed by atoms with Gasteiger partial charge in [0, 0.05) is 10.6 Å². The van der Waals surface area contributed by atoms with Crippen molar-refractivity contribution < 1.29 is 18.3 Å². The van der Waals surface area contributed by atoms with E-state index in [0.29, 0.717) is 0 Å². The van der Waals surface area contributed by atoms with Crippen molar-refractivity contribution >= 4 is 35.3 Å². The number of rotatable bonds is 7. The molecule has 144 valence electrons. The van der Waals surface area contributed by atoms with Crippen molar-refractivity contribution in [1.82, 2.24) is 15.0 Å². The highest BCUT2D eigenvalue weighted by molar-refractivity contribution is 8.00. The number of nitrogens with two attached hydrogens (primary N) is 1. The molecule has 0 aliphatic heterocycles. The number of hydrogen-bond donors (Lipinski definition) is 2. The van der Waals surface area contributed by atoms with Crippen LogP contribution in [0.1, 0.15) is 5.82 Å². The van der Waals surface area contributed by atoms with E-state index in [2.05, 4.69) is 20.3 Å². The monoisotopic (exact) mass is 403 g/mol. The van der Waals surface area contributed by atoms with Crippen LogP contribution in [0.25, 0.3) is 0 Å². The van der Waals surface area contributed by atoms with Crippen molar-refractivity contribution in [2.45, 2.75) is 11.5 Å². The summed E-state index contributed by atoms with van der Waals surface area (Å²) in [4.78, 5) is 23.9. The number of aromatic nitrogens is 3. The number of ether oxygens (including phenoxy) is 1. The van der Waals surface area contributed by atoms with Crippen molar-refractivity contribution in [2.75, 3.05) is 16.8 Å². The maximum absolute atomic E-state index is 13.6. The minimum Gasteiger partial charge on any atom is -0.457 e. The smallest absolute Gasteiger partial charge is 0.316 e. The molecule has 0 radical (unpaired) electrons. The molecule has 0 atom stereocenters. The molecule has 0 saturated heterocycles. The molecule has 3 rings (SSSR count). The largest absolute Gasteiger partial charge is 0.457 e. The van der Waals surface area contributed by atoms with E-state index in [1.165, 1.54) is 0 Å². The van der Waals surface area contributed by atoms with Crippen LogP contribution in [0, 0.1) is 11.6 Å². The quantitative estimate of drug-likeness (QED) is 0.458. The van der Waals surface area contributed by atoms with Gasteiger partial charge in [0.1, 0.15) is 11.6 Å². The molecular weight excluding hydrogens is 388 g/mol. The highest BCUT2D eigenvalue weighted by Gasteiger charge is 2.11. The third kappa shape index (κ3) is 5.61. The summed E-state index contributed by atoms with van der Waals surface area (Å²) in [7, 11) is 0. The number of esters is 1. The summed E-state index contributed by atoms with van der Waals surface area (Å²) >= 11 is 0.833. The first-order valence-corrected chi connectivity index (χ1v) is 9.04. The molecule has 7 nitrogen and oxygen atoms in total. The molecule has 0 unspecified atom stereocenters. The number of halogens is 2. The average molecular weight is 403 g/mol. The van der Waals surface area contributed by atoms with Crippen molar-refractivity contribution in [3.05, 3.63) is 66.0 Å². The Morgan fingerprint density at radius 3 is 2.68 bits per heavy atom. The normalized spacial score (nSPS) is 10.5. The number of benzene rings is 2. The molecular formula is C18H15F2N5O2S. The van der Waals surface area contributed by atoms with Crippen LogP contribution in [0.3, 0.4) is 0 Å². The SMILES string of the molecule is Nc1nc(COC(=O)CSc2cc(F)ccc2F)nc(Nc2ccccc2)n1. The summed E-state index contributed by atoms with van der Waals surface area (Å²) in [6.45, 7) is -0.235. The van der Waals surface area contributed by atoms with Gasteiger partial charge in [0.2, 0.25) is 11.9 Å². The molecule has 28 heavy (non-hydrogen) atoms. The Kier molecular flexibility index (Phi) is 6.33. The van der Waals surface area contributed by atoms with E-state index in [1.54, 1.807) is 0 Å². The second-order valence-electron chi connectivity index (χ2n) is 5.45. The molecule has 0 aliphatic carbocycles. The molecule has 3 N–H and O–H groups in total. The zero-order chi connectivity index (χ0) is 19.9. The first-order chi connectivity index (χ1) is 13.5. The number of carbonyl (C=O) groups is 1. The van der Waals surface area contributed by atoms with E-state index >= 15 is 0 Å². The predicted octanol–water partition coefficient (Wildman–Crippen LogP) is 3.31.